The molecule has 3 nitrogen and oxygen atoms in total. The van der Waals surface area contributed by atoms with E-state index in [9.17, 15) is 0 Å². The molecule has 2 heterocycles. The minimum Gasteiger partial charge on any atom is -0.370 e. The minimum atomic E-state index is 0.663. The van der Waals surface area contributed by atoms with Gasteiger partial charge < -0.3 is 15.5 Å². The number of nitrogens with one attached hydrogen (secondary N) is 2. The summed E-state index contributed by atoms with van der Waals surface area (Å²) < 4.78 is 0. The number of benzene rings is 1. The fraction of sp³-hybridized carbons (Fsp3) is 0.625. The minimum absolute atomic E-state index is 0.663. The predicted octanol–water partition coefficient (Wildman–Crippen LogP) is 2.65. The van der Waals surface area contributed by atoms with Crippen LogP contribution in [-0.2, 0) is 0 Å². The average Bonchev–Trinajstić information content (AvgIpc) is 3.00. The van der Waals surface area contributed by atoms with Crippen LogP contribution in [0.4, 0.5) is 5.69 Å². The molecule has 0 aromatic heterocycles. The first-order valence-electron chi connectivity index (χ1n) is 7.79. The van der Waals surface area contributed by atoms with Gasteiger partial charge in [-0.1, -0.05) is 23.7 Å². The molecule has 4 heteroatoms. The van der Waals surface area contributed by atoms with Crippen molar-refractivity contribution in [2.24, 2.45) is 0 Å². The van der Waals surface area contributed by atoms with E-state index in [2.05, 4.69) is 27.7 Å². The van der Waals surface area contributed by atoms with E-state index in [4.69, 9.17) is 11.6 Å². The molecule has 2 aliphatic heterocycles. The summed E-state index contributed by atoms with van der Waals surface area (Å²) in [5, 5.41) is 8.15. The molecule has 2 N–H and O–H groups in total. The van der Waals surface area contributed by atoms with Crippen molar-refractivity contribution in [1.29, 1.82) is 0 Å². The summed E-state index contributed by atoms with van der Waals surface area (Å²) in [5.41, 5.74) is 1.19. The summed E-state index contributed by atoms with van der Waals surface area (Å²) in [5.74, 6) is 0. The first-order chi connectivity index (χ1) is 9.83. The molecule has 0 saturated carbocycles. The quantitative estimate of drug-likeness (QED) is 0.894. The number of anilines is 1. The molecule has 0 amide bonds. The normalized spacial score (nSPS) is 24.2. The molecule has 20 heavy (non-hydrogen) atoms. The zero-order valence-electron chi connectivity index (χ0n) is 11.9. The van der Waals surface area contributed by atoms with Gasteiger partial charge in [0, 0.05) is 31.7 Å². The molecule has 2 aliphatic rings. The second-order valence-electron chi connectivity index (χ2n) is 5.91. The summed E-state index contributed by atoms with van der Waals surface area (Å²) in [7, 11) is 0. The second kappa shape index (κ2) is 6.79. The molecule has 110 valence electrons. The topological polar surface area (TPSA) is 27.3 Å². The van der Waals surface area contributed by atoms with E-state index in [1.165, 1.54) is 37.9 Å². The average molecular weight is 294 g/mol. The van der Waals surface area contributed by atoms with Gasteiger partial charge in [-0.2, -0.15) is 0 Å². The monoisotopic (exact) mass is 293 g/mol. The molecule has 0 aliphatic carbocycles. The van der Waals surface area contributed by atoms with Crippen molar-refractivity contribution in [2.75, 3.05) is 31.1 Å². The Hall–Kier alpha value is -0.770. The highest BCUT2D eigenvalue weighted by Gasteiger charge is 2.22. The third-order valence-corrected chi connectivity index (χ3v) is 4.82. The van der Waals surface area contributed by atoms with E-state index in [1.54, 1.807) is 0 Å². The van der Waals surface area contributed by atoms with Crippen molar-refractivity contribution in [2.45, 2.75) is 37.8 Å². The highest BCUT2D eigenvalue weighted by molar-refractivity contribution is 6.33. The summed E-state index contributed by atoms with van der Waals surface area (Å²) in [6, 6.07) is 9.52. The van der Waals surface area contributed by atoms with E-state index < -0.39 is 0 Å². The van der Waals surface area contributed by atoms with Gasteiger partial charge in [-0.3, -0.25) is 0 Å². The smallest absolute Gasteiger partial charge is 0.0639 e. The van der Waals surface area contributed by atoms with Crippen LogP contribution in [0, 0.1) is 0 Å². The van der Waals surface area contributed by atoms with Crippen molar-refractivity contribution < 1.29 is 0 Å². The maximum atomic E-state index is 6.28. The van der Waals surface area contributed by atoms with Gasteiger partial charge >= 0.3 is 0 Å². The molecule has 1 atom stereocenters. The molecule has 1 aromatic rings. The van der Waals surface area contributed by atoms with E-state index >= 15 is 0 Å². The Kier molecular flexibility index (Phi) is 4.81. The number of rotatable bonds is 4. The van der Waals surface area contributed by atoms with Crippen molar-refractivity contribution in [3.05, 3.63) is 29.3 Å². The molecule has 2 saturated heterocycles. The third-order valence-electron chi connectivity index (χ3n) is 4.50. The van der Waals surface area contributed by atoms with Gasteiger partial charge in [0.05, 0.1) is 10.7 Å². The van der Waals surface area contributed by atoms with Crippen molar-refractivity contribution in [1.82, 2.24) is 10.6 Å². The van der Waals surface area contributed by atoms with Crippen LogP contribution in [-0.4, -0.2) is 38.3 Å². The first kappa shape index (κ1) is 14.2. The number of nitrogens with zero attached hydrogens (tertiary/aromatic N) is 1. The van der Waals surface area contributed by atoms with Crippen molar-refractivity contribution in [3.63, 3.8) is 0 Å². The Bertz CT molecular complexity index is 423. The standard InChI is InChI=1S/C16H24ClN3/c17-15-5-1-2-6-16(15)20-10-7-13(8-11-20)19-12-14-4-3-9-18-14/h1-2,5-6,13-14,18-19H,3-4,7-12H2/t14-/m1/s1. The Morgan fingerprint density at radius 1 is 1.20 bits per heavy atom. The maximum Gasteiger partial charge on any atom is 0.0639 e. The van der Waals surface area contributed by atoms with Crippen LogP contribution in [0.5, 0.6) is 0 Å². The highest BCUT2D eigenvalue weighted by Crippen LogP contribution is 2.27. The predicted molar refractivity (Wildman–Crippen MR) is 85.7 cm³/mol. The Morgan fingerprint density at radius 2 is 2.00 bits per heavy atom. The molecule has 0 unspecified atom stereocenters. The fourth-order valence-corrected chi connectivity index (χ4v) is 3.53. The number of piperidine rings is 1. The lowest BCUT2D eigenvalue weighted by Gasteiger charge is -2.35. The Morgan fingerprint density at radius 3 is 2.70 bits per heavy atom. The Labute approximate surface area is 126 Å². The van der Waals surface area contributed by atoms with Crippen LogP contribution < -0.4 is 15.5 Å². The zero-order valence-corrected chi connectivity index (χ0v) is 12.7. The van der Waals surface area contributed by atoms with Gasteiger partial charge in [0.25, 0.3) is 0 Å². The zero-order chi connectivity index (χ0) is 13.8. The molecular formula is C16H24ClN3. The maximum absolute atomic E-state index is 6.28. The van der Waals surface area contributed by atoms with E-state index in [0.29, 0.717) is 12.1 Å². The third kappa shape index (κ3) is 3.46. The summed E-state index contributed by atoms with van der Waals surface area (Å²) in [4.78, 5) is 2.41. The molecule has 0 bridgehead atoms. The van der Waals surface area contributed by atoms with Gasteiger partial charge in [0.15, 0.2) is 0 Å². The van der Waals surface area contributed by atoms with Crippen LogP contribution in [0.3, 0.4) is 0 Å². The lowest BCUT2D eigenvalue weighted by Crippen LogP contribution is -2.46. The van der Waals surface area contributed by atoms with Gasteiger partial charge in [-0.05, 0) is 44.4 Å². The number of hydrogen-bond acceptors (Lipinski definition) is 3. The fourth-order valence-electron chi connectivity index (χ4n) is 3.27. The lowest BCUT2D eigenvalue weighted by atomic mass is 10.0. The second-order valence-corrected chi connectivity index (χ2v) is 6.32. The molecule has 1 aromatic carbocycles. The van der Waals surface area contributed by atoms with E-state index in [1.807, 2.05) is 12.1 Å². The summed E-state index contributed by atoms with van der Waals surface area (Å²) >= 11 is 6.28. The Balaban J connectivity index is 1.46. The summed E-state index contributed by atoms with van der Waals surface area (Å²) in [6.45, 7) is 4.51. The van der Waals surface area contributed by atoms with Gasteiger partial charge in [-0.15, -0.1) is 0 Å². The van der Waals surface area contributed by atoms with Crippen LogP contribution in [0.2, 0.25) is 5.02 Å². The van der Waals surface area contributed by atoms with Gasteiger partial charge in [-0.25, -0.2) is 0 Å². The number of hydrogen-bond donors (Lipinski definition) is 2. The number of halogens is 1. The van der Waals surface area contributed by atoms with Crippen LogP contribution in [0.25, 0.3) is 0 Å². The van der Waals surface area contributed by atoms with Gasteiger partial charge in [0.1, 0.15) is 0 Å². The first-order valence-corrected chi connectivity index (χ1v) is 8.17. The molecule has 0 spiro atoms. The van der Waals surface area contributed by atoms with Crippen molar-refractivity contribution in [3.8, 4) is 0 Å². The van der Waals surface area contributed by atoms with Crippen LogP contribution in [0.1, 0.15) is 25.7 Å². The van der Waals surface area contributed by atoms with Gasteiger partial charge in [0.2, 0.25) is 0 Å². The highest BCUT2D eigenvalue weighted by atomic mass is 35.5. The molecule has 3 rings (SSSR count). The molecule has 2 fully saturated rings. The number of para-hydroxylation sites is 1. The SMILES string of the molecule is Clc1ccccc1N1CCC(NC[C@H]2CCCN2)CC1. The van der Waals surface area contributed by atoms with Crippen molar-refractivity contribution >= 4 is 17.3 Å². The molecule has 0 radical (unpaired) electrons. The van der Waals surface area contributed by atoms with Crippen LogP contribution in [0.15, 0.2) is 24.3 Å². The van der Waals surface area contributed by atoms with E-state index in [-0.39, 0.29) is 0 Å². The summed E-state index contributed by atoms with van der Waals surface area (Å²) in [6.07, 6.45) is 5.07. The largest absolute Gasteiger partial charge is 0.370 e. The molecular weight excluding hydrogens is 270 g/mol. The van der Waals surface area contributed by atoms with E-state index in [0.717, 1.165) is 24.7 Å². The van der Waals surface area contributed by atoms with Crippen LogP contribution >= 0.6 is 11.6 Å². The lowest BCUT2D eigenvalue weighted by molar-refractivity contribution is 0.393.